The zero-order valence-electron chi connectivity index (χ0n) is 8.03. The van der Waals surface area contributed by atoms with Crippen molar-refractivity contribution < 1.29 is 9.84 Å². The maximum atomic E-state index is 9.96. The molecule has 0 aromatic heterocycles. The standard InChI is InChI=1S/C11H13ClO2/c1-14-11-8(3-2-4-9(11)12)10(13)7-5-6-7/h2-4,7,10,13H,5-6H2,1H3. The van der Waals surface area contributed by atoms with Crippen molar-refractivity contribution in [2.75, 3.05) is 7.11 Å². The molecule has 3 heteroatoms. The number of aliphatic hydroxyl groups is 1. The summed E-state index contributed by atoms with van der Waals surface area (Å²) in [5.41, 5.74) is 0.808. The van der Waals surface area contributed by atoms with Crippen molar-refractivity contribution >= 4 is 11.6 Å². The Morgan fingerprint density at radius 1 is 1.50 bits per heavy atom. The molecule has 0 bridgehead atoms. The molecule has 14 heavy (non-hydrogen) atoms. The summed E-state index contributed by atoms with van der Waals surface area (Å²) in [6.45, 7) is 0. The summed E-state index contributed by atoms with van der Waals surface area (Å²) in [6, 6.07) is 5.48. The highest BCUT2D eigenvalue weighted by atomic mass is 35.5. The molecule has 0 radical (unpaired) electrons. The van der Waals surface area contributed by atoms with Gasteiger partial charge in [-0.15, -0.1) is 0 Å². The molecule has 0 heterocycles. The smallest absolute Gasteiger partial charge is 0.143 e. The third-order valence-electron chi connectivity index (χ3n) is 2.59. The van der Waals surface area contributed by atoms with Crippen LogP contribution in [0.4, 0.5) is 0 Å². The summed E-state index contributed by atoms with van der Waals surface area (Å²) in [6.07, 6.45) is 1.76. The molecule has 0 saturated heterocycles. The topological polar surface area (TPSA) is 29.5 Å². The van der Waals surface area contributed by atoms with Gasteiger partial charge in [0, 0.05) is 5.56 Å². The number of benzene rings is 1. The minimum atomic E-state index is -0.427. The van der Waals surface area contributed by atoms with Crippen LogP contribution >= 0.6 is 11.6 Å². The van der Waals surface area contributed by atoms with Crippen LogP contribution in [0.5, 0.6) is 5.75 Å². The number of rotatable bonds is 3. The van der Waals surface area contributed by atoms with E-state index in [0.717, 1.165) is 18.4 Å². The first-order chi connectivity index (χ1) is 6.74. The summed E-state index contributed by atoms with van der Waals surface area (Å²) >= 11 is 5.96. The van der Waals surface area contributed by atoms with Crippen molar-refractivity contribution in [2.45, 2.75) is 18.9 Å². The lowest BCUT2D eigenvalue weighted by Crippen LogP contribution is -2.02. The SMILES string of the molecule is COc1c(Cl)cccc1C(O)C1CC1. The summed E-state index contributed by atoms with van der Waals surface area (Å²) in [4.78, 5) is 0. The van der Waals surface area contributed by atoms with Crippen molar-refractivity contribution in [1.29, 1.82) is 0 Å². The van der Waals surface area contributed by atoms with Crippen LogP contribution in [0.25, 0.3) is 0 Å². The number of aliphatic hydroxyl groups excluding tert-OH is 1. The number of para-hydroxylation sites is 1. The van der Waals surface area contributed by atoms with Gasteiger partial charge in [-0.1, -0.05) is 23.7 Å². The predicted octanol–water partition coefficient (Wildman–Crippen LogP) is 2.79. The largest absolute Gasteiger partial charge is 0.495 e. The van der Waals surface area contributed by atoms with Gasteiger partial charge in [0.2, 0.25) is 0 Å². The van der Waals surface area contributed by atoms with E-state index in [1.54, 1.807) is 13.2 Å². The van der Waals surface area contributed by atoms with Crippen LogP contribution < -0.4 is 4.74 Å². The number of halogens is 1. The first kappa shape index (κ1) is 9.81. The molecule has 1 saturated carbocycles. The molecule has 1 atom stereocenters. The predicted molar refractivity (Wildman–Crippen MR) is 55.7 cm³/mol. The Morgan fingerprint density at radius 2 is 2.21 bits per heavy atom. The van der Waals surface area contributed by atoms with E-state index < -0.39 is 6.10 Å². The highest BCUT2D eigenvalue weighted by Gasteiger charge is 2.32. The van der Waals surface area contributed by atoms with Crippen LogP contribution in [0.1, 0.15) is 24.5 Å². The monoisotopic (exact) mass is 212 g/mol. The van der Waals surface area contributed by atoms with Gasteiger partial charge in [0.25, 0.3) is 0 Å². The Labute approximate surface area is 88.5 Å². The minimum absolute atomic E-state index is 0.391. The highest BCUT2D eigenvalue weighted by molar-refractivity contribution is 6.32. The quantitative estimate of drug-likeness (QED) is 0.835. The average Bonchev–Trinajstić information content (AvgIpc) is 2.99. The van der Waals surface area contributed by atoms with E-state index in [9.17, 15) is 5.11 Å². The first-order valence-electron chi connectivity index (χ1n) is 4.74. The Morgan fingerprint density at radius 3 is 2.79 bits per heavy atom. The highest BCUT2D eigenvalue weighted by Crippen LogP contribution is 2.44. The molecule has 2 nitrogen and oxygen atoms in total. The van der Waals surface area contributed by atoms with Crippen LogP contribution in [0.15, 0.2) is 18.2 Å². The fourth-order valence-electron chi connectivity index (χ4n) is 1.64. The molecule has 0 aliphatic heterocycles. The Bertz CT molecular complexity index is 334. The molecule has 0 amide bonds. The summed E-state index contributed by atoms with van der Waals surface area (Å²) in [5, 5.41) is 10.5. The molecule has 1 N–H and O–H groups in total. The van der Waals surface area contributed by atoms with Crippen LogP contribution in [0.2, 0.25) is 5.02 Å². The lowest BCUT2D eigenvalue weighted by atomic mass is 10.0. The van der Waals surface area contributed by atoms with Gasteiger partial charge in [0.15, 0.2) is 0 Å². The van der Waals surface area contributed by atoms with E-state index in [1.807, 2.05) is 12.1 Å². The second-order valence-corrected chi connectivity index (χ2v) is 4.05. The molecule has 1 aliphatic carbocycles. The maximum Gasteiger partial charge on any atom is 0.143 e. The van der Waals surface area contributed by atoms with E-state index in [0.29, 0.717) is 16.7 Å². The second kappa shape index (κ2) is 3.79. The molecule has 76 valence electrons. The molecular formula is C11H13ClO2. The van der Waals surface area contributed by atoms with Gasteiger partial charge in [0.05, 0.1) is 18.2 Å². The van der Waals surface area contributed by atoms with Crippen LogP contribution in [0, 0.1) is 5.92 Å². The van der Waals surface area contributed by atoms with Crippen molar-refractivity contribution in [1.82, 2.24) is 0 Å². The fourth-order valence-corrected chi connectivity index (χ4v) is 1.90. The number of ether oxygens (including phenoxy) is 1. The molecule has 0 spiro atoms. The summed E-state index contributed by atoms with van der Waals surface area (Å²) in [7, 11) is 1.57. The Balaban J connectivity index is 2.35. The van der Waals surface area contributed by atoms with Crippen LogP contribution in [-0.2, 0) is 0 Å². The van der Waals surface area contributed by atoms with Crippen molar-refractivity contribution in [3.05, 3.63) is 28.8 Å². The van der Waals surface area contributed by atoms with E-state index in [4.69, 9.17) is 16.3 Å². The van der Waals surface area contributed by atoms with E-state index in [2.05, 4.69) is 0 Å². The lowest BCUT2D eigenvalue weighted by molar-refractivity contribution is 0.150. The van der Waals surface area contributed by atoms with Gasteiger partial charge >= 0.3 is 0 Å². The third kappa shape index (κ3) is 1.72. The molecule has 1 unspecified atom stereocenters. The van der Waals surface area contributed by atoms with Gasteiger partial charge in [-0.2, -0.15) is 0 Å². The molecule has 1 aromatic rings. The van der Waals surface area contributed by atoms with Crippen molar-refractivity contribution in [2.24, 2.45) is 5.92 Å². The van der Waals surface area contributed by atoms with E-state index >= 15 is 0 Å². The van der Waals surface area contributed by atoms with Gasteiger partial charge in [-0.25, -0.2) is 0 Å². The zero-order valence-corrected chi connectivity index (χ0v) is 8.79. The van der Waals surface area contributed by atoms with Gasteiger partial charge in [-0.05, 0) is 24.8 Å². The Hall–Kier alpha value is -0.730. The second-order valence-electron chi connectivity index (χ2n) is 3.64. The van der Waals surface area contributed by atoms with Gasteiger partial charge < -0.3 is 9.84 Å². The molecule has 1 fully saturated rings. The number of hydrogen-bond acceptors (Lipinski definition) is 2. The van der Waals surface area contributed by atoms with E-state index in [1.165, 1.54) is 0 Å². The number of hydrogen-bond donors (Lipinski definition) is 1. The van der Waals surface area contributed by atoms with Crippen molar-refractivity contribution in [3.63, 3.8) is 0 Å². The summed E-state index contributed by atoms with van der Waals surface area (Å²) < 4.78 is 5.18. The summed E-state index contributed by atoms with van der Waals surface area (Å²) in [5.74, 6) is 0.996. The fraction of sp³-hybridized carbons (Fsp3) is 0.455. The molecule has 2 rings (SSSR count). The average molecular weight is 213 g/mol. The zero-order chi connectivity index (χ0) is 10.1. The first-order valence-corrected chi connectivity index (χ1v) is 5.12. The molecule has 1 aliphatic rings. The molecular weight excluding hydrogens is 200 g/mol. The Kier molecular flexibility index (Phi) is 2.66. The molecule has 1 aromatic carbocycles. The van der Waals surface area contributed by atoms with Crippen LogP contribution in [-0.4, -0.2) is 12.2 Å². The lowest BCUT2D eigenvalue weighted by Gasteiger charge is -2.14. The maximum absolute atomic E-state index is 9.96. The van der Waals surface area contributed by atoms with Gasteiger partial charge in [0.1, 0.15) is 5.75 Å². The van der Waals surface area contributed by atoms with E-state index in [-0.39, 0.29) is 0 Å². The third-order valence-corrected chi connectivity index (χ3v) is 2.89. The minimum Gasteiger partial charge on any atom is -0.495 e. The van der Waals surface area contributed by atoms with Crippen LogP contribution in [0.3, 0.4) is 0 Å². The number of methoxy groups -OCH3 is 1. The van der Waals surface area contributed by atoms with Crippen molar-refractivity contribution in [3.8, 4) is 5.75 Å². The van der Waals surface area contributed by atoms with Gasteiger partial charge in [-0.3, -0.25) is 0 Å². The normalized spacial score (nSPS) is 17.9.